The number of halogens is 1. The molecule has 1 aromatic carbocycles. The van der Waals surface area contributed by atoms with Crippen molar-refractivity contribution in [1.29, 1.82) is 0 Å². The van der Waals surface area contributed by atoms with Crippen molar-refractivity contribution in [3.05, 3.63) is 47.2 Å². The van der Waals surface area contributed by atoms with Crippen molar-refractivity contribution < 1.29 is 33.5 Å². The van der Waals surface area contributed by atoms with Crippen LogP contribution in [0.5, 0.6) is 0 Å². The van der Waals surface area contributed by atoms with Gasteiger partial charge in [0, 0.05) is 5.70 Å². The minimum absolute atomic E-state index is 0. The van der Waals surface area contributed by atoms with Crippen LogP contribution in [0.2, 0.25) is 0 Å². The summed E-state index contributed by atoms with van der Waals surface area (Å²) in [4.78, 5) is 16.8. The van der Waals surface area contributed by atoms with Crippen LogP contribution in [0.1, 0.15) is 25.5 Å². The Balaban J connectivity index is 0.00000220. The van der Waals surface area contributed by atoms with Gasteiger partial charge in [-0.05, 0) is 25.7 Å². The summed E-state index contributed by atoms with van der Waals surface area (Å²) in [5.41, 5.74) is 2.37. The van der Waals surface area contributed by atoms with Gasteiger partial charge in [0.2, 0.25) is 0 Å². The number of ether oxygens (including phenoxy) is 1. The van der Waals surface area contributed by atoms with E-state index in [1.54, 1.807) is 6.92 Å². The quantitative estimate of drug-likeness (QED) is 0.551. The molecule has 4 nitrogen and oxygen atoms in total. The summed E-state index contributed by atoms with van der Waals surface area (Å²) in [5.74, 6) is -0.310. The first-order valence-electron chi connectivity index (χ1n) is 6.49. The maximum absolute atomic E-state index is 12.2. The van der Waals surface area contributed by atoms with Gasteiger partial charge in [0.25, 0.3) is 0 Å². The third-order valence-corrected chi connectivity index (χ3v) is 3.62. The maximum atomic E-state index is 12.2. The molecule has 0 aromatic heterocycles. The number of allylic oxidation sites excluding steroid dienone is 1. The number of aliphatic imine (C=N–C) groups is 1. The fourth-order valence-electron chi connectivity index (χ4n) is 2.10. The number of carbonyl (C=O) groups is 1. The summed E-state index contributed by atoms with van der Waals surface area (Å²) in [6, 6.07) is 9.49. The molecule has 0 aliphatic carbocycles. The SMILES string of the molecule is CCOC(=O)C1=C(C)NC(SC)=NC1c1ccccc1.[I-]. The number of nitrogens with zero attached hydrogens (tertiary/aromatic N) is 1. The summed E-state index contributed by atoms with van der Waals surface area (Å²) in [7, 11) is 0. The number of rotatable bonds is 3. The highest BCUT2D eigenvalue weighted by molar-refractivity contribution is 8.13. The van der Waals surface area contributed by atoms with Gasteiger partial charge in [-0.1, -0.05) is 42.1 Å². The van der Waals surface area contributed by atoms with Gasteiger partial charge in [0.1, 0.15) is 6.04 Å². The molecule has 1 unspecified atom stereocenters. The molecule has 6 heteroatoms. The van der Waals surface area contributed by atoms with Gasteiger partial charge >= 0.3 is 5.97 Å². The molecule has 1 atom stereocenters. The van der Waals surface area contributed by atoms with Crippen molar-refractivity contribution in [2.24, 2.45) is 4.99 Å². The Kier molecular flexibility index (Phi) is 7.24. The zero-order valence-electron chi connectivity index (χ0n) is 12.2. The van der Waals surface area contributed by atoms with Crippen LogP contribution < -0.4 is 29.3 Å². The molecule has 0 radical (unpaired) electrons. The number of hydrogen-bond acceptors (Lipinski definition) is 5. The molecular formula is C15H18IN2O2S-. The van der Waals surface area contributed by atoms with Gasteiger partial charge in [-0.3, -0.25) is 0 Å². The molecule has 114 valence electrons. The Morgan fingerprint density at radius 3 is 2.62 bits per heavy atom. The predicted molar refractivity (Wildman–Crippen MR) is 82.6 cm³/mol. The van der Waals surface area contributed by atoms with Gasteiger partial charge in [0.05, 0.1) is 12.2 Å². The maximum Gasteiger partial charge on any atom is 0.338 e. The first-order chi connectivity index (χ1) is 9.67. The Labute approximate surface area is 146 Å². The topological polar surface area (TPSA) is 50.7 Å². The second-order valence-corrected chi connectivity index (χ2v) is 5.13. The Morgan fingerprint density at radius 1 is 1.38 bits per heavy atom. The van der Waals surface area contributed by atoms with E-state index in [0.717, 1.165) is 16.4 Å². The minimum Gasteiger partial charge on any atom is -1.00 e. The summed E-state index contributed by atoms with van der Waals surface area (Å²) in [5, 5.41) is 3.96. The molecule has 0 amide bonds. The number of benzene rings is 1. The summed E-state index contributed by atoms with van der Waals surface area (Å²) < 4.78 is 5.16. The van der Waals surface area contributed by atoms with Crippen molar-refractivity contribution >= 4 is 22.9 Å². The van der Waals surface area contributed by atoms with Gasteiger partial charge in [-0.25, -0.2) is 9.79 Å². The molecule has 0 saturated carbocycles. The normalized spacial score (nSPS) is 17.5. The third kappa shape index (κ3) is 4.23. The van der Waals surface area contributed by atoms with Crippen LogP contribution in [0.15, 0.2) is 46.6 Å². The van der Waals surface area contributed by atoms with Gasteiger partial charge in [0.15, 0.2) is 5.17 Å². The molecule has 0 fully saturated rings. The molecule has 1 aromatic rings. The zero-order valence-corrected chi connectivity index (χ0v) is 15.2. The Hall–Kier alpha value is -1.02. The summed E-state index contributed by atoms with van der Waals surface area (Å²) in [6.45, 7) is 4.04. The number of esters is 1. The van der Waals surface area contributed by atoms with E-state index in [-0.39, 0.29) is 36.0 Å². The summed E-state index contributed by atoms with van der Waals surface area (Å²) >= 11 is 1.53. The number of hydrogen-bond donors (Lipinski definition) is 1. The fourth-order valence-corrected chi connectivity index (χ4v) is 2.57. The third-order valence-electron chi connectivity index (χ3n) is 3.02. The number of nitrogens with one attached hydrogen (secondary N) is 1. The van der Waals surface area contributed by atoms with Crippen LogP contribution in [0.3, 0.4) is 0 Å². The van der Waals surface area contributed by atoms with E-state index in [4.69, 9.17) is 4.74 Å². The van der Waals surface area contributed by atoms with E-state index in [2.05, 4.69) is 10.3 Å². The van der Waals surface area contributed by atoms with Crippen molar-refractivity contribution in [2.45, 2.75) is 19.9 Å². The first-order valence-corrected chi connectivity index (χ1v) is 7.71. The van der Waals surface area contributed by atoms with Crippen LogP contribution in [0.4, 0.5) is 0 Å². The number of carbonyl (C=O) groups excluding carboxylic acids is 1. The van der Waals surface area contributed by atoms with Crippen LogP contribution in [0, 0.1) is 0 Å². The van der Waals surface area contributed by atoms with Crippen molar-refractivity contribution in [2.75, 3.05) is 12.9 Å². The lowest BCUT2D eigenvalue weighted by Crippen LogP contribution is -3.00. The largest absolute Gasteiger partial charge is 1.00 e. The van der Waals surface area contributed by atoms with Crippen LogP contribution in [-0.4, -0.2) is 24.0 Å². The van der Waals surface area contributed by atoms with Gasteiger partial charge < -0.3 is 34.0 Å². The highest BCUT2D eigenvalue weighted by atomic mass is 127. The summed E-state index contributed by atoms with van der Waals surface area (Å²) in [6.07, 6.45) is 1.95. The average Bonchev–Trinajstić information content (AvgIpc) is 2.47. The van der Waals surface area contributed by atoms with Crippen LogP contribution in [-0.2, 0) is 9.53 Å². The smallest absolute Gasteiger partial charge is 0.338 e. The number of thioether (sulfide) groups is 1. The molecule has 1 aliphatic rings. The van der Waals surface area contributed by atoms with E-state index in [1.165, 1.54) is 11.8 Å². The zero-order chi connectivity index (χ0) is 14.5. The fraction of sp³-hybridized carbons (Fsp3) is 0.333. The molecular weight excluding hydrogens is 399 g/mol. The molecule has 2 rings (SSSR count). The molecule has 1 N–H and O–H groups in total. The minimum atomic E-state index is -0.310. The highest BCUT2D eigenvalue weighted by Crippen LogP contribution is 2.32. The molecule has 0 saturated heterocycles. The Morgan fingerprint density at radius 2 is 2.05 bits per heavy atom. The molecule has 1 aliphatic heterocycles. The van der Waals surface area contributed by atoms with E-state index >= 15 is 0 Å². The van der Waals surface area contributed by atoms with E-state index in [1.807, 2.05) is 43.5 Å². The van der Waals surface area contributed by atoms with Crippen molar-refractivity contribution in [3.8, 4) is 0 Å². The number of amidine groups is 1. The monoisotopic (exact) mass is 417 g/mol. The van der Waals surface area contributed by atoms with Crippen LogP contribution >= 0.6 is 11.8 Å². The van der Waals surface area contributed by atoms with E-state index in [0.29, 0.717) is 12.2 Å². The molecule has 1 heterocycles. The van der Waals surface area contributed by atoms with Crippen molar-refractivity contribution in [3.63, 3.8) is 0 Å². The van der Waals surface area contributed by atoms with Crippen molar-refractivity contribution in [1.82, 2.24) is 5.32 Å². The molecule has 0 bridgehead atoms. The lowest BCUT2D eigenvalue weighted by atomic mass is 9.97. The lowest BCUT2D eigenvalue weighted by molar-refractivity contribution is -0.138. The molecule has 0 spiro atoms. The first kappa shape index (κ1) is 18.0. The lowest BCUT2D eigenvalue weighted by Gasteiger charge is -2.25. The van der Waals surface area contributed by atoms with E-state index < -0.39 is 0 Å². The van der Waals surface area contributed by atoms with Gasteiger partial charge in [-0.15, -0.1) is 0 Å². The highest BCUT2D eigenvalue weighted by Gasteiger charge is 2.29. The van der Waals surface area contributed by atoms with Gasteiger partial charge in [-0.2, -0.15) is 0 Å². The second-order valence-electron chi connectivity index (χ2n) is 4.34. The Bertz CT molecular complexity index is 558. The standard InChI is InChI=1S/C15H18N2O2S.HI/c1-4-19-14(18)12-10(2)16-15(20-3)17-13(12)11-8-6-5-7-9-11;/h5-9,13H,4H2,1-3H3,(H,16,17);1H/p-1. The van der Waals surface area contributed by atoms with E-state index in [9.17, 15) is 4.79 Å². The van der Waals surface area contributed by atoms with Crippen LogP contribution in [0.25, 0.3) is 0 Å². The average molecular weight is 417 g/mol. The predicted octanol–water partition coefficient (Wildman–Crippen LogP) is -0.109. The second kappa shape index (κ2) is 8.43. The molecule has 21 heavy (non-hydrogen) atoms.